The van der Waals surface area contributed by atoms with E-state index >= 15 is 0 Å². The number of nitrogens with zero attached hydrogens (tertiary/aromatic N) is 1. The average Bonchev–Trinajstić information content (AvgIpc) is 2.72. The Morgan fingerprint density at radius 2 is 2.16 bits per heavy atom. The Kier molecular flexibility index (Phi) is 3.93. The summed E-state index contributed by atoms with van der Waals surface area (Å²) in [4.78, 5) is 0.123. The highest BCUT2D eigenvalue weighted by Crippen LogP contribution is 2.24. The molecule has 102 valence electrons. The summed E-state index contributed by atoms with van der Waals surface area (Å²) in [5.41, 5.74) is 6.75. The van der Waals surface area contributed by atoms with Crippen LogP contribution >= 0.6 is 15.9 Å². The second-order valence-corrected chi connectivity index (χ2v) is 6.54. The lowest BCUT2D eigenvalue weighted by Crippen LogP contribution is -2.23. The zero-order valence-electron chi connectivity index (χ0n) is 10.1. The van der Waals surface area contributed by atoms with Gasteiger partial charge in [-0.15, -0.1) is 0 Å². The fourth-order valence-corrected chi connectivity index (χ4v) is 3.56. The summed E-state index contributed by atoms with van der Waals surface area (Å²) in [5, 5.41) is 3.68. The molecular formula is C11H12BrN3O3S. The van der Waals surface area contributed by atoms with Gasteiger partial charge in [0.25, 0.3) is 0 Å². The van der Waals surface area contributed by atoms with Gasteiger partial charge < -0.3 is 10.3 Å². The van der Waals surface area contributed by atoms with Crippen LogP contribution in [0.4, 0.5) is 5.69 Å². The highest BCUT2D eigenvalue weighted by atomic mass is 79.9. The van der Waals surface area contributed by atoms with Gasteiger partial charge in [0.1, 0.15) is 0 Å². The van der Waals surface area contributed by atoms with Crippen molar-refractivity contribution >= 4 is 31.6 Å². The van der Waals surface area contributed by atoms with Crippen LogP contribution in [-0.4, -0.2) is 13.6 Å². The predicted octanol–water partition coefficient (Wildman–Crippen LogP) is 1.81. The Bertz CT molecular complexity index is 697. The monoisotopic (exact) mass is 345 g/mol. The molecule has 2 aromatic rings. The number of rotatable bonds is 4. The number of sulfonamides is 1. The van der Waals surface area contributed by atoms with Crippen molar-refractivity contribution in [3.63, 3.8) is 0 Å². The van der Waals surface area contributed by atoms with Crippen LogP contribution in [-0.2, 0) is 16.6 Å². The molecule has 0 radical (unpaired) electrons. The fraction of sp³-hybridized carbons (Fsp3) is 0.182. The first kappa shape index (κ1) is 14.0. The maximum atomic E-state index is 12.1. The standard InChI is InChI=1S/C11H12BrN3O3S/c1-7-4-9(18-15-7)6-14-19(16,17)11-3-2-8(13)5-10(11)12/h2-5,14H,6,13H2,1H3. The maximum absolute atomic E-state index is 12.1. The summed E-state index contributed by atoms with van der Waals surface area (Å²) in [7, 11) is -3.64. The Labute approximate surface area is 119 Å². The van der Waals surface area contributed by atoms with Crippen LogP contribution in [0.1, 0.15) is 11.5 Å². The topological polar surface area (TPSA) is 98.2 Å². The number of benzene rings is 1. The van der Waals surface area contributed by atoms with Crippen molar-refractivity contribution in [3.05, 3.63) is 40.2 Å². The number of anilines is 1. The Morgan fingerprint density at radius 1 is 1.42 bits per heavy atom. The number of aryl methyl sites for hydroxylation is 1. The number of hydrogen-bond acceptors (Lipinski definition) is 5. The lowest BCUT2D eigenvalue weighted by molar-refractivity contribution is 0.377. The first-order valence-corrected chi connectivity index (χ1v) is 7.63. The molecule has 0 unspecified atom stereocenters. The highest BCUT2D eigenvalue weighted by molar-refractivity contribution is 9.10. The van der Waals surface area contributed by atoms with Crippen molar-refractivity contribution in [2.24, 2.45) is 0 Å². The Balaban J connectivity index is 2.18. The normalized spacial score (nSPS) is 11.7. The molecule has 0 atom stereocenters. The van der Waals surface area contributed by atoms with Gasteiger partial charge in [-0.3, -0.25) is 0 Å². The first-order valence-electron chi connectivity index (χ1n) is 5.35. The van der Waals surface area contributed by atoms with Crippen LogP contribution in [0.3, 0.4) is 0 Å². The van der Waals surface area contributed by atoms with E-state index in [0.29, 0.717) is 21.6 Å². The van der Waals surface area contributed by atoms with Gasteiger partial charge in [0.2, 0.25) is 10.0 Å². The molecule has 0 amide bonds. The minimum Gasteiger partial charge on any atom is -0.399 e. The van der Waals surface area contributed by atoms with Gasteiger partial charge in [-0.05, 0) is 41.1 Å². The van der Waals surface area contributed by atoms with Gasteiger partial charge >= 0.3 is 0 Å². The fourth-order valence-electron chi connectivity index (χ4n) is 1.48. The van der Waals surface area contributed by atoms with E-state index < -0.39 is 10.0 Å². The largest absolute Gasteiger partial charge is 0.399 e. The van der Waals surface area contributed by atoms with Gasteiger partial charge in [0, 0.05) is 16.2 Å². The van der Waals surface area contributed by atoms with E-state index in [9.17, 15) is 8.42 Å². The molecule has 19 heavy (non-hydrogen) atoms. The maximum Gasteiger partial charge on any atom is 0.242 e. The zero-order chi connectivity index (χ0) is 14.0. The number of nitrogens with two attached hydrogens (primary N) is 1. The Morgan fingerprint density at radius 3 is 2.74 bits per heavy atom. The van der Waals surface area contributed by atoms with E-state index in [2.05, 4.69) is 25.8 Å². The van der Waals surface area contributed by atoms with Crippen molar-refractivity contribution in [2.75, 3.05) is 5.73 Å². The van der Waals surface area contributed by atoms with Gasteiger partial charge in [0.15, 0.2) is 5.76 Å². The molecule has 1 aromatic heterocycles. The first-order chi connectivity index (χ1) is 8.88. The van der Waals surface area contributed by atoms with E-state index in [1.54, 1.807) is 13.0 Å². The molecule has 6 nitrogen and oxygen atoms in total. The molecule has 0 bridgehead atoms. The molecule has 0 fully saturated rings. The van der Waals surface area contributed by atoms with Gasteiger partial charge in [-0.25, -0.2) is 13.1 Å². The molecule has 1 heterocycles. The lowest BCUT2D eigenvalue weighted by Gasteiger charge is -2.07. The zero-order valence-corrected chi connectivity index (χ0v) is 12.5. The SMILES string of the molecule is Cc1cc(CNS(=O)(=O)c2ccc(N)cc2Br)on1. The third kappa shape index (κ3) is 3.34. The van der Waals surface area contributed by atoms with E-state index in [1.807, 2.05) is 0 Å². The number of nitrogens with one attached hydrogen (secondary N) is 1. The molecular weight excluding hydrogens is 334 g/mol. The lowest BCUT2D eigenvalue weighted by atomic mass is 10.3. The van der Waals surface area contributed by atoms with E-state index in [-0.39, 0.29) is 11.4 Å². The predicted molar refractivity (Wildman–Crippen MR) is 73.8 cm³/mol. The molecule has 0 aliphatic heterocycles. The highest BCUT2D eigenvalue weighted by Gasteiger charge is 2.18. The summed E-state index contributed by atoms with van der Waals surface area (Å²) in [6.45, 7) is 1.80. The van der Waals surface area contributed by atoms with Crippen molar-refractivity contribution in [2.45, 2.75) is 18.4 Å². The summed E-state index contributed by atoms with van der Waals surface area (Å²) in [5.74, 6) is 0.452. The van der Waals surface area contributed by atoms with Crippen molar-refractivity contribution < 1.29 is 12.9 Å². The minimum absolute atomic E-state index is 0.0417. The van der Waals surface area contributed by atoms with Crippen molar-refractivity contribution in [1.29, 1.82) is 0 Å². The number of nitrogen functional groups attached to an aromatic ring is 1. The molecule has 1 aromatic carbocycles. The molecule has 2 rings (SSSR count). The smallest absolute Gasteiger partial charge is 0.242 e. The molecule has 3 N–H and O–H groups in total. The van der Waals surface area contributed by atoms with E-state index in [0.717, 1.165) is 0 Å². The average molecular weight is 346 g/mol. The van der Waals surface area contributed by atoms with E-state index in [4.69, 9.17) is 10.3 Å². The van der Waals surface area contributed by atoms with Crippen LogP contribution in [0.2, 0.25) is 0 Å². The van der Waals surface area contributed by atoms with Crippen molar-refractivity contribution in [1.82, 2.24) is 9.88 Å². The molecule has 0 spiro atoms. The van der Waals surface area contributed by atoms with Gasteiger partial charge in [-0.2, -0.15) is 0 Å². The van der Waals surface area contributed by atoms with Crippen molar-refractivity contribution in [3.8, 4) is 0 Å². The summed E-state index contributed by atoms with van der Waals surface area (Å²) in [6, 6.07) is 6.17. The van der Waals surface area contributed by atoms with Crippen LogP contribution in [0.15, 0.2) is 38.2 Å². The number of halogens is 1. The van der Waals surface area contributed by atoms with Crippen LogP contribution in [0.25, 0.3) is 0 Å². The molecule has 0 aliphatic rings. The summed E-state index contributed by atoms with van der Waals surface area (Å²) in [6.07, 6.45) is 0. The molecule has 0 saturated heterocycles. The third-order valence-corrected chi connectivity index (χ3v) is 4.74. The number of hydrogen-bond donors (Lipinski definition) is 2. The Hall–Kier alpha value is -1.38. The van der Waals surface area contributed by atoms with E-state index in [1.165, 1.54) is 18.2 Å². The molecule has 0 aliphatic carbocycles. The van der Waals surface area contributed by atoms with Crippen LogP contribution in [0.5, 0.6) is 0 Å². The number of aromatic nitrogens is 1. The van der Waals surface area contributed by atoms with Gasteiger partial charge in [-0.1, -0.05) is 5.16 Å². The summed E-state index contributed by atoms with van der Waals surface area (Å²) >= 11 is 3.18. The quantitative estimate of drug-likeness (QED) is 0.823. The second kappa shape index (κ2) is 5.32. The van der Waals surface area contributed by atoms with Crippen LogP contribution < -0.4 is 10.5 Å². The van der Waals surface area contributed by atoms with Gasteiger partial charge in [0.05, 0.1) is 17.1 Å². The minimum atomic E-state index is -3.64. The summed E-state index contributed by atoms with van der Waals surface area (Å²) < 4.78 is 32.0. The third-order valence-electron chi connectivity index (χ3n) is 2.36. The molecule has 8 heteroatoms. The van der Waals surface area contributed by atoms with Crippen LogP contribution in [0, 0.1) is 6.92 Å². The molecule has 0 saturated carbocycles. The second-order valence-electron chi connectivity index (χ2n) is 3.95.